The Balaban J connectivity index is 1.23. The molecule has 5 rings (SSSR count). The number of hydrogen-bond acceptors (Lipinski definition) is 5. The van der Waals surface area contributed by atoms with Gasteiger partial charge in [-0.25, -0.2) is 4.39 Å². The molecule has 0 radical (unpaired) electrons. The first-order valence-corrected chi connectivity index (χ1v) is 14.5. The van der Waals surface area contributed by atoms with E-state index in [2.05, 4.69) is 5.32 Å². The van der Waals surface area contributed by atoms with E-state index in [4.69, 9.17) is 21.1 Å². The van der Waals surface area contributed by atoms with Gasteiger partial charge in [-0.2, -0.15) is 0 Å². The number of ether oxygens (including phenoxy) is 2. The van der Waals surface area contributed by atoms with Gasteiger partial charge in [0.1, 0.15) is 5.82 Å². The van der Waals surface area contributed by atoms with Crippen LogP contribution < -0.4 is 5.32 Å². The summed E-state index contributed by atoms with van der Waals surface area (Å²) in [6.45, 7) is 0.667. The van der Waals surface area contributed by atoms with Crippen LogP contribution >= 0.6 is 11.6 Å². The Morgan fingerprint density at radius 1 is 1.12 bits per heavy atom. The van der Waals surface area contributed by atoms with Crippen LogP contribution in [0.3, 0.4) is 0 Å². The van der Waals surface area contributed by atoms with Crippen molar-refractivity contribution in [3.05, 3.63) is 64.6 Å². The predicted octanol–water partition coefficient (Wildman–Crippen LogP) is 5.04. The van der Waals surface area contributed by atoms with Gasteiger partial charge in [-0.1, -0.05) is 29.8 Å². The van der Waals surface area contributed by atoms with Gasteiger partial charge in [0.25, 0.3) is 5.91 Å². The van der Waals surface area contributed by atoms with Crippen molar-refractivity contribution in [3.8, 4) is 0 Å². The van der Waals surface area contributed by atoms with E-state index in [0.29, 0.717) is 50.8 Å². The Hall–Kier alpha value is -3.47. The topological polar surface area (TPSA) is 110 Å². The van der Waals surface area contributed by atoms with Crippen LogP contribution in [0, 0.1) is 11.7 Å². The standard InChI is InChI=1S/C31H35ClFN3O6/c1-35-16-24(23-5-3-4-6-28(23)35)30(38)34-27-14-26(33)19(11-25(27)32)12-29(37)36-15-22(41-2)13-20(36)17-42-21-9-7-18(8-10-21)31(39)40/h3-6,11,14,16,18,20-22H,7-10,12-13,15,17H2,1-2H3,(H,34,38)(H,39,40)/t18?,20-,21?,22+/m0/s1. The number of nitrogens with one attached hydrogen (secondary N) is 1. The maximum Gasteiger partial charge on any atom is 0.306 e. The number of carbonyl (C=O) groups excluding carboxylic acids is 2. The molecule has 11 heteroatoms. The van der Waals surface area contributed by atoms with Crippen molar-refractivity contribution in [1.29, 1.82) is 0 Å². The summed E-state index contributed by atoms with van der Waals surface area (Å²) in [5.74, 6) is -2.44. The lowest BCUT2D eigenvalue weighted by atomic mass is 9.87. The van der Waals surface area contributed by atoms with Crippen molar-refractivity contribution in [2.24, 2.45) is 13.0 Å². The minimum atomic E-state index is -0.767. The van der Waals surface area contributed by atoms with Gasteiger partial charge in [0.05, 0.1) is 53.5 Å². The largest absolute Gasteiger partial charge is 0.481 e. The van der Waals surface area contributed by atoms with Crippen LogP contribution in [0.5, 0.6) is 0 Å². The van der Waals surface area contributed by atoms with Gasteiger partial charge >= 0.3 is 5.97 Å². The Kier molecular flexibility index (Phi) is 9.15. The van der Waals surface area contributed by atoms with Gasteiger partial charge in [0, 0.05) is 37.8 Å². The van der Waals surface area contributed by atoms with Crippen LogP contribution in [0.15, 0.2) is 42.6 Å². The van der Waals surface area contributed by atoms with Crippen molar-refractivity contribution < 1.29 is 33.4 Å². The first-order valence-electron chi connectivity index (χ1n) is 14.1. The van der Waals surface area contributed by atoms with E-state index >= 15 is 4.39 Å². The summed E-state index contributed by atoms with van der Waals surface area (Å²) >= 11 is 6.45. The molecular formula is C31H35ClFN3O6. The first kappa shape index (κ1) is 30.0. The SMILES string of the molecule is CO[C@@H]1C[C@@H](COC2CCC(C(=O)O)CC2)N(C(=O)Cc2cc(Cl)c(NC(=O)c3cn(C)c4ccccc34)cc2F)C1. The normalized spacial score (nSPS) is 22.4. The highest BCUT2D eigenvalue weighted by atomic mass is 35.5. The summed E-state index contributed by atoms with van der Waals surface area (Å²) in [7, 11) is 3.43. The van der Waals surface area contributed by atoms with Crippen molar-refractivity contribution in [1.82, 2.24) is 9.47 Å². The molecule has 2 fully saturated rings. The molecule has 2 atom stereocenters. The number of carboxylic acid groups (broad SMARTS) is 1. The van der Waals surface area contributed by atoms with Crippen LogP contribution in [-0.4, -0.2) is 70.9 Å². The van der Waals surface area contributed by atoms with Crippen molar-refractivity contribution in [2.75, 3.05) is 25.6 Å². The number of halogens is 2. The number of hydrogen-bond donors (Lipinski definition) is 2. The average molecular weight is 600 g/mol. The molecule has 2 aliphatic rings. The van der Waals surface area contributed by atoms with E-state index in [1.807, 2.05) is 35.9 Å². The second kappa shape index (κ2) is 12.8. The van der Waals surface area contributed by atoms with E-state index in [1.54, 1.807) is 18.2 Å². The number of rotatable bonds is 9. The monoisotopic (exact) mass is 599 g/mol. The van der Waals surface area contributed by atoms with Crippen LogP contribution in [0.1, 0.15) is 48.0 Å². The lowest BCUT2D eigenvalue weighted by Crippen LogP contribution is -2.40. The smallest absolute Gasteiger partial charge is 0.306 e. The predicted molar refractivity (Wildman–Crippen MR) is 156 cm³/mol. The zero-order chi connectivity index (χ0) is 30.0. The molecule has 2 heterocycles. The average Bonchev–Trinajstić information content (AvgIpc) is 3.56. The molecule has 2 aromatic carbocycles. The zero-order valence-corrected chi connectivity index (χ0v) is 24.4. The molecule has 0 bridgehead atoms. The number of carboxylic acids is 1. The highest BCUT2D eigenvalue weighted by Crippen LogP contribution is 2.31. The minimum Gasteiger partial charge on any atom is -0.481 e. The molecule has 9 nitrogen and oxygen atoms in total. The number of aromatic nitrogens is 1. The molecule has 224 valence electrons. The number of aliphatic carboxylic acids is 1. The highest BCUT2D eigenvalue weighted by molar-refractivity contribution is 6.34. The van der Waals surface area contributed by atoms with Crippen LogP contribution in [0.4, 0.5) is 10.1 Å². The number of anilines is 1. The molecule has 2 amide bonds. The molecule has 1 saturated heterocycles. The summed E-state index contributed by atoms with van der Waals surface area (Å²) in [6, 6.07) is 9.76. The molecule has 3 aromatic rings. The van der Waals surface area contributed by atoms with Crippen LogP contribution in [-0.2, 0) is 32.5 Å². The lowest BCUT2D eigenvalue weighted by Gasteiger charge is -2.30. The molecule has 2 N–H and O–H groups in total. The summed E-state index contributed by atoms with van der Waals surface area (Å²) in [5, 5.41) is 12.8. The molecule has 0 unspecified atom stereocenters. The van der Waals surface area contributed by atoms with Crippen molar-refractivity contribution in [3.63, 3.8) is 0 Å². The van der Waals surface area contributed by atoms with E-state index in [-0.39, 0.29) is 52.8 Å². The molecule has 0 spiro atoms. The van der Waals surface area contributed by atoms with Crippen molar-refractivity contribution >= 4 is 46.0 Å². The van der Waals surface area contributed by atoms with Gasteiger partial charge in [-0.3, -0.25) is 14.4 Å². The van der Waals surface area contributed by atoms with Crippen LogP contribution in [0.2, 0.25) is 5.02 Å². The second-order valence-electron chi connectivity index (χ2n) is 11.2. The molecule has 1 aliphatic heterocycles. The Morgan fingerprint density at radius 3 is 2.57 bits per heavy atom. The quantitative estimate of drug-likeness (QED) is 0.357. The Bertz CT molecular complexity index is 1480. The number of likely N-dealkylation sites (tertiary alicyclic amines) is 1. The molecular weight excluding hydrogens is 565 g/mol. The minimum absolute atomic E-state index is 0.0490. The third-order valence-electron chi connectivity index (χ3n) is 8.45. The fraction of sp³-hybridized carbons (Fsp3) is 0.452. The molecule has 1 aliphatic carbocycles. The Morgan fingerprint density at radius 2 is 1.86 bits per heavy atom. The van der Waals surface area contributed by atoms with E-state index in [0.717, 1.165) is 17.0 Å². The number of methoxy groups -OCH3 is 1. The maximum atomic E-state index is 15.2. The van der Waals surface area contributed by atoms with Gasteiger partial charge in [-0.05, 0) is 55.9 Å². The number of carbonyl (C=O) groups is 3. The number of aryl methyl sites for hydroxylation is 1. The third kappa shape index (κ3) is 6.45. The second-order valence-corrected chi connectivity index (χ2v) is 11.6. The fourth-order valence-electron chi connectivity index (χ4n) is 6.03. The molecule has 1 aromatic heterocycles. The number of fused-ring (bicyclic) bond motifs is 1. The molecule has 1 saturated carbocycles. The van der Waals surface area contributed by atoms with E-state index in [9.17, 15) is 19.5 Å². The summed E-state index contributed by atoms with van der Waals surface area (Å²) in [5.41, 5.74) is 1.57. The summed E-state index contributed by atoms with van der Waals surface area (Å²) in [6.07, 6.45) is 4.37. The fourth-order valence-corrected chi connectivity index (χ4v) is 6.26. The molecule has 42 heavy (non-hydrogen) atoms. The summed E-state index contributed by atoms with van der Waals surface area (Å²) < 4.78 is 28.7. The lowest BCUT2D eigenvalue weighted by molar-refractivity contribution is -0.144. The first-order chi connectivity index (χ1) is 20.1. The number of para-hydroxylation sites is 1. The van der Waals surface area contributed by atoms with Gasteiger partial charge < -0.3 is 29.4 Å². The maximum absolute atomic E-state index is 15.2. The van der Waals surface area contributed by atoms with Crippen LogP contribution in [0.25, 0.3) is 10.9 Å². The highest BCUT2D eigenvalue weighted by Gasteiger charge is 2.37. The third-order valence-corrected chi connectivity index (χ3v) is 8.76. The number of amides is 2. The van der Waals surface area contributed by atoms with E-state index < -0.39 is 17.7 Å². The van der Waals surface area contributed by atoms with Gasteiger partial charge in [-0.15, -0.1) is 0 Å². The number of nitrogens with zero attached hydrogens (tertiary/aromatic N) is 2. The van der Waals surface area contributed by atoms with Gasteiger partial charge in [0.2, 0.25) is 5.91 Å². The summed E-state index contributed by atoms with van der Waals surface area (Å²) in [4.78, 5) is 39.3. The Labute approximate surface area is 248 Å². The van der Waals surface area contributed by atoms with E-state index in [1.165, 1.54) is 6.07 Å². The zero-order valence-electron chi connectivity index (χ0n) is 23.6. The van der Waals surface area contributed by atoms with Crippen molar-refractivity contribution in [2.45, 2.75) is 56.8 Å². The number of benzene rings is 2. The van der Waals surface area contributed by atoms with Gasteiger partial charge in [0.15, 0.2) is 0 Å².